The molecule has 1 aromatic heterocycles. The van der Waals surface area contributed by atoms with Crippen molar-refractivity contribution < 1.29 is 19.2 Å². The lowest BCUT2D eigenvalue weighted by Gasteiger charge is -2.20. The highest BCUT2D eigenvalue weighted by Gasteiger charge is 2.30. The number of nitrogens with one attached hydrogen (secondary N) is 1. The van der Waals surface area contributed by atoms with Gasteiger partial charge in [-0.1, -0.05) is 24.9 Å². The van der Waals surface area contributed by atoms with Gasteiger partial charge in [-0.2, -0.15) is 0 Å². The number of carbonyl (C=O) groups excluding carboxylic acids is 2. The molecule has 0 radical (unpaired) electrons. The van der Waals surface area contributed by atoms with Gasteiger partial charge in [0.15, 0.2) is 0 Å². The molecule has 148 valence electrons. The molecule has 1 aliphatic rings. The van der Waals surface area contributed by atoms with Crippen molar-refractivity contribution in [2.75, 3.05) is 12.4 Å². The van der Waals surface area contributed by atoms with Gasteiger partial charge < -0.3 is 10.1 Å². The van der Waals surface area contributed by atoms with E-state index in [0.717, 1.165) is 42.2 Å². The van der Waals surface area contributed by atoms with Crippen LogP contribution < -0.4 is 5.32 Å². The third-order valence-electron chi connectivity index (χ3n) is 4.96. The summed E-state index contributed by atoms with van der Waals surface area (Å²) in [6.45, 7) is 2.13. The van der Waals surface area contributed by atoms with E-state index in [4.69, 9.17) is 16.3 Å². The first kappa shape index (κ1) is 20.3. The van der Waals surface area contributed by atoms with E-state index in [1.807, 2.05) is 0 Å². The van der Waals surface area contributed by atoms with Crippen molar-refractivity contribution in [1.82, 2.24) is 0 Å². The maximum Gasteiger partial charge on any atom is 0.341 e. The third-order valence-corrected chi connectivity index (χ3v) is 6.37. The fourth-order valence-electron chi connectivity index (χ4n) is 3.43. The fourth-order valence-corrected chi connectivity index (χ4v) is 4.94. The average Bonchev–Trinajstić information content (AvgIpc) is 3.03. The summed E-state index contributed by atoms with van der Waals surface area (Å²) in [6.07, 6.45) is 3.60. The second kappa shape index (κ2) is 8.28. The second-order valence-corrected chi connectivity index (χ2v) is 8.13. The summed E-state index contributed by atoms with van der Waals surface area (Å²) in [5.74, 6) is -0.648. The van der Waals surface area contributed by atoms with E-state index >= 15 is 0 Å². The van der Waals surface area contributed by atoms with Crippen LogP contribution in [0, 0.1) is 16.0 Å². The van der Waals surface area contributed by atoms with Crippen molar-refractivity contribution in [1.29, 1.82) is 0 Å². The molecule has 1 unspecified atom stereocenters. The molecule has 9 heteroatoms. The van der Waals surface area contributed by atoms with E-state index < -0.39 is 22.5 Å². The number of esters is 1. The first-order valence-electron chi connectivity index (χ1n) is 8.83. The first-order valence-corrected chi connectivity index (χ1v) is 10.0. The SMILES string of the molecule is CCC1CCc2c(sc(NC(=O)c3ccc(Cl)cc3[N+](=O)[O-])c2C(=O)OC)C1. The highest BCUT2D eigenvalue weighted by atomic mass is 35.5. The summed E-state index contributed by atoms with van der Waals surface area (Å²) in [4.78, 5) is 36.8. The molecular formula is C19H19ClN2O5S. The van der Waals surface area contributed by atoms with Gasteiger partial charge in [0, 0.05) is 16.0 Å². The largest absolute Gasteiger partial charge is 0.465 e. The highest BCUT2D eigenvalue weighted by Crippen LogP contribution is 2.41. The van der Waals surface area contributed by atoms with Crippen LogP contribution in [0.5, 0.6) is 0 Å². The molecule has 3 rings (SSSR count). The van der Waals surface area contributed by atoms with E-state index in [9.17, 15) is 19.7 Å². The Bertz CT molecular complexity index is 956. The Balaban J connectivity index is 1.99. The molecule has 0 spiro atoms. The third kappa shape index (κ3) is 3.88. The number of amides is 1. The zero-order chi connectivity index (χ0) is 20.4. The molecule has 2 aromatic rings. The lowest BCUT2D eigenvalue weighted by Crippen LogP contribution is -2.17. The van der Waals surface area contributed by atoms with E-state index in [0.29, 0.717) is 16.5 Å². The molecule has 1 atom stereocenters. The Morgan fingerprint density at radius 3 is 2.82 bits per heavy atom. The molecule has 7 nitrogen and oxygen atoms in total. The molecule has 0 saturated heterocycles. The van der Waals surface area contributed by atoms with Crippen LogP contribution in [0.4, 0.5) is 10.7 Å². The Morgan fingerprint density at radius 2 is 2.18 bits per heavy atom. The number of rotatable bonds is 5. The molecule has 28 heavy (non-hydrogen) atoms. The number of halogens is 1. The van der Waals surface area contributed by atoms with Gasteiger partial charge in [-0.05, 0) is 42.9 Å². The normalized spacial score (nSPS) is 15.6. The monoisotopic (exact) mass is 422 g/mol. The van der Waals surface area contributed by atoms with Crippen molar-refractivity contribution in [2.24, 2.45) is 5.92 Å². The lowest BCUT2D eigenvalue weighted by atomic mass is 9.85. The van der Waals surface area contributed by atoms with Crippen LogP contribution in [0.15, 0.2) is 18.2 Å². The highest BCUT2D eigenvalue weighted by molar-refractivity contribution is 7.17. The van der Waals surface area contributed by atoms with Crippen molar-refractivity contribution >= 4 is 45.5 Å². The Hall–Kier alpha value is -2.45. The number of hydrogen-bond donors (Lipinski definition) is 1. The molecular weight excluding hydrogens is 404 g/mol. The minimum absolute atomic E-state index is 0.122. The summed E-state index contributed by atoms with van der Waals surface area (Å²) in [7, 11) is 1.29. The molecule has 0 bridgehead atoms. The number of methoxy groups -OCH3 is 1. The van der Waals surface area contributed by atoms with E-state index in [-0.39, 0.29) is 10.6 Å². The number of hydrogen-bond acceptors (Lipinski definition) is 6. The number of benzene rings is 1. The molecule has 1 aromatic carbocycles. The summed E-state index contributed by atoms with van der Waals surface area (Å²) in [5.41, 5.74) is 0.740. The Morgan fingerprint density at radius 1 is 1.43 bits per heavy atom. The van der Waals surface area contributed by atoms with Gasteiger partial charge in [0.25, 0.3) is 11.6 Å². The predicted octanol–water partition coefficient (Wildman–Crippen LogP) is 4.86. The molecule has 0 saturated carbocycles. The zero-order valence-electron chi connectivity index (χ0n) is 15.4. The van der Waals surface area contributed by atoms with Crippen LogP contribution >= 0.6 is 22.9 Å². The van der Waals surface area contributed by atoms with Gasteiger partial charge in [-0.25, -0.2) is 4.79 Å². The summed E-state index contributed by atoms with van der Waals surface area (Å²) in [5, 5.41) is 14.5. The first-order chi connectivity index (χ1) is 13.3. The van der Waals surface area contributed by atoms with Gasteiger partial charge in [0.1, 0.15) is 10.6 Å². The Labute approximate surface area is 170 Å². The van der Waals surface area contributed by atoms with Crippen LogP contribution in [0.1, 0.15) is 50.9 Å². The smallest absolute Gasteiger partial charge is 0.341 e. The topological polar surface area (TPSA) is 98.5 Å². The number of nitro benzene ring substituents is 1. The predicted molar refractivity (Wildman–Crippen MR) is 108 cm³/mol. The van der Waals surface area contributed by atoms with Crippen molar-refractivity contribution in [3.8, 4) is 0 Å². The van der Waals surface area contributed by atoms with Gasteiger partial charge >= 0.3 is 5.97 Å². The number of thiophene rings is 1. The molecule has 0 aliphatic heterocycles. The standard InChI is InChI=1S/C19H19ClN2O5S/c1-3-10-4-6-13-15(8-10)28-18(16(13)19(24)27-2)21-17(23)12-7-5-11(20)9-14(12)22(25)26/h5,7,9-10H,3-4,6,8H2,1-2H3,(H,21,23). The molecule has 0 fully saturated rings. The minimum atomic E-state index is -0.667. The molecule has 1 N–H and O–H groups in total. The number of carbonyl (C=O) groups is 2. The van der Waals surface area contributed by atoms with E-state index in [2.05, 4.69) is 12.2 Å². The van der Waals surface area contributed by atoms with Crippen molar-refractivity contribution in [3.63, 3.8) is 0 Å². The Kier molecular flexibility index (Phi) is 6.00. The molecule has 1 aliphatic carbocycles. The molecule has 1 amide bonds. The lowest BCUT2D eigenvalue weighted by molar-refractivity contribution is -0.385. The van der Waals surface area contributed by atoms with Crippen molar-refractivity contribution in [3.05, 3.63) is 54.9 Å². The minimum Gasteiger partial charge on any atom is -0.465 e. The van der Waals surface area contributed by atoms with Gasteiger partial charge in [-0.3, -0.25) is 14.9 Å². The number of ether oxygens (including phenoxy) is 1. The number of anilines is 1. The quantitative estimate of drug-likeness (QED) is 0.421. The van der Waals surface area contributed by atoms with Crippen LogP contribution in [0.2, 0.25) is 5.02 Å². The van der Waals surface area contributed by atoms with Crippen LogP contribution in [0.25, 0.3) is 0 Å². The summed E-state index contributed by atoms with van der Waals surface area (Å²) < 4.78 is 4.91. The van der Waals surface area contributed by atoms with Gasteiger partial charge in [-0.15, -0.1) is 11.3 Å². The maximum absolute atomic E-state index is 12.7. The number of fused-ring (bicyclic) bond motifs is 1. The van der Waals surface area contributed by atoms with E-state index in [1.165, 1.54) is 30.6 Å². The van der Waals surface area contributed by atoms with Gasteiger partial charge in [0.2, 0.25) is 0 Å². The maximum atomic E-state index is 12.7. The average molecular weight is 423 g/mol. The molecule has 1 heterocycles. The zero-order valence-corrected chi connectivity index (χ0v) is 17.0. The van der Waals surface area contributed by atoms with Crippen LogP contribution in [0.3, 0.4) is 0 Å². The van der Waals surface area contributed by atoms with E-state index in [1.54, 1.807) is 0 Å². The van der Waals surface area contributed by atoms with Crippen LogP contribution in [-0.2, 0) is 17.6 Å². The number of nitro groups is 1. The van der Waals surface area contributed by atoms with Crippen LogP contribution in [-0.4, -0.2) is 23.9 Å². The number of nitrogens with zero attached hydrogens (tertiary/aromatic N) is 1. The second-order valence-electron chi connectivity index (χ2n) is 6.59. The summed E-state index contributed by atoms with van der Waals surface area (Å²) >= 11 is 7.15. The van der Waals surface area contributed by atoms with Gasteiger partial charge in [0.05, 0.1) is 17.6 Å². The van der Waals surface area contributed by atoms with Crippen molar-refractivity contribution in [2.45, 2.75) is 32.6 Å². The fraction of sp³-hybridized carbons (Fsp3) is 0.368. The summed E-state index contributed by atoms with van der Waals surface area (Å²) in [6, 6.07) is 3.84.